The minimum absolute atomic E-state index is 0.296. The van der Waals surface area contributed by atoms with Crippen LogP contribution in [0.3, 0.4) is 0 Å². The highest BCUT2D eigenvalue weighted by Crippen LogP contribution is 2.31. The second-order valence-corrected chi connectivity index (χ2v) is 7.92. The molecule has 1 heterocycles. The zero-order valence-corrected chi connectivity index (χ0v) is 15.1. The third-order valence-electron chi connectivity index (χ3n) is 4.97. The predicted molar refractivity (Wildman–Crippen MR) is 98.3 cm³/mol. The number of ether oxygens (including phenoxy) is 1. The molecule has 1 N–H and O–H groups in total. The van der Waals surface area contributed by atoms with Crippen LogP contribution in [0.4, 0.5) is 5.69 Å². The van der Waals surface area contributed by atoms with Crippen molar-refractivity contribution in [3.05, 3.63) is 50.7 Å². The van der Waals surface area contributed by atoms with Crippen molar-refractivity contribution in [3.8, 4) is 0 Å². The number of benzene rings is 1. The van der Waals surface area contributed by atoms with Crippen molar-refractivity contribution in [2.24, 2.45) is 0 Å². The van der Waals surface area contributed by atoms with Crippen LogP contribution in [-0.4, -0.2) is 18.0 Å². The van der Waals surface area contributed by atoms with E-state index in [1.54, 1.807) is 6.92 Å². The van der Waals surface area contributed by atoms with E-state index in [0.717, 1.165) is 37.8 Å². The molecule has 2 aliphatic rings. The molecule has 25 heavy (non-hydrogen) atoms. The van der Waals surface area contributed by atoms with E-state index in [4.69, 9.17) is 4.74 Å². The molecule has 0 fully saturated rings. The third-order valence-corrected chi connectivity index (χ3v) is 6.18. The maximum Gasteiger partial charge on any atom is 0.349 e. The van der Waals surface area contributed by atoms with Crippen LogP contribution in [0.1, 0.15) is 51.0 Å². The van der Waals surface area contributed by atoms with Crippen molar-refractivity contribution in [2.75, 3.05) is 5.32 Å². The number of hydrogen-bond donors (Lipinski definition) is 1. The van der Waals surface area contributed by atoms with Crippen LogP contribution in [0.25, 0.3) is 0 Å². The van der Waals surface area contributed by atoms with Gasteiger partial charge in [-0.25, -0.2) is 4.79 Å². The molecule has 1 atom stereocenters. The Morgan fingerprint density at radius 3 is 2.64 bits per heavy atom. The fourth-order valence-electron chi connectivity index (χ4n) is 3.60. The van der Waals surface area contributed by atoms with Gasteiger partial charge in [0.1, 0.15) is 4.88 Å². The first-order valence-electron chi connectivity index (χ1n) is 8.85. The standard InChI is InChI=1S/C20H21NO3S/c1-12(24-20(23)18-11-15-6-3-7-17(15)25-18)19(22)21-16-9-8-13-4-2-5-14(13)10-16/h8-12H,2-7H2,1H3,(H,21,22)/t12-/m0/s1. The summed E-state index contributed by atoms with van der Waals surface area (Å²) < 4.78 is 5.36. The van der Waals surface area contributed by atoms with Gasteiger partial charge >= 0.3 is 5.97 Å². The molecule has 4 rings (SSSR count). The van der Waals surface area contributed by atoms with E-state index in [-0.39, 0.29) is 5.91 Å². The van der Waals surface area contributed by atoms with Gasteiger partial charge in [-0.05, 0) is 80.3 Å². The van der Waals surface area contributed by atoms with Crippen molar-refractivity contribution in [1.82, 2.24) is 0 Å². The van der Waals surface area contributed by atoms with E-state index in [9.17, 15) is 9.59 Å². The number of carbonyl (C=O) groups is 2. The third kappa shape index (κ3) is 3.33. The second-order valence-electron chi connectivity index (χ2n) is 6.79. The fraction of sp³-hybridized carbons (Fsp3) is 0.400. The molecule has 1 amide bonds. The molecular weight excluding hydrogens is 334 g/mol. The molecule has 2 aromatic rings. The maximum atomic E-state index is 12.3. The van der Waals surface area contributed by atoms with Gasteiger partial charge in [0.25, 0.3) is 5.91 Å². The lowest BCUT2D eigenvalue weighted by atomic mass is 10.1. The van der Waals surface area contributed by atoms with Crippen molar-refractivity contribution in [2.45, 2.75) is 51.6 Å². The maximum absolute atomic E-state index is 12.3. The van der Waals surface area contributed by atoms with Crippen molar-refractivity contribution < 1.29 is 14.3 Å². The number of anilines is 1. The quantitative estimate of drug-likeness (QED) is 0.846. The van der Waals surface area contributed by atoms with Gasteiger partial charge in [-0.15, -0.1) is 11.3 Å². The molecule has 0 radical (unpaired) electrons. The summed E-state index contributed by atoms with van der Waals surface area (Å²) in [6, 6.07) is 7.93. The number of aryl methyl sites for hydroxylation is 4. The average molecular weight is 355 g/mol. The van der Waals surface area contributed by atoms with Gasteiger partial charge in [0.15, 0.2) is 6.10 Å². The number of fused-ring (bicyclic) bond motifs is 2. The Labute approximate surface area is 151 Å². The van der Waals surface area contributed by atoms with E-state index in [1.807, 2.05) is 18.2 Å². The minimum atomic E-state index is -0.822. The molecule has 2 aliphatic carbocycles. The zero-order chi connectivity index (χ0) is 17.4. The summed E-state index contributed by atoms with van der Waals surface area (Å²) in [5.74, 6) is -0.702. The van der Waals surface area contributed by atoms with E-state index < -0.39 is 12.1 Å². The molecule has 1 aromatic heterocycles. The smallest absolute Gasteiger partial charge is 0.349 e. The molecule has 0 spiro atoms. The summed E-state index contributed by atoms with van der Waals surface area (Å²) in [4.78, 5) is 26.5. The van der Waals surface area contributed by atoms with Gasteiger partial charge in [-0.2, -0.15) is 0 Å². The van der Waals surface area contributed by atoms with E-state index >= 15 is 0 Å². The summed E-state index contributed by atoms with van der Waals surface area (Å²) in [5, 5.41) is 2.85. The van der Waals surface area contributed by atoms with Gasteiger partial charge in [0, 0.05) is 10.6 Å². The predicted octanol–water partition coefficient (Wildman–Crippen LogP) is 3.91. The van der Waals surface area contributed by atoms with Gasteiger partial charge in [0.2, 0.25) is 0 Å². The normalized spacial score (nSPS) is 16.2. The Bertz CT molecular complexity index is 818. The first-order chi connectivity index (χ1) is 12.1. The Morgan fingerprint density at radius 1 is 1.04 bits per heavy atom. The van der Waals surface area contributed by atoms with Crippen LogP contribution in [0, 0.1) is 0 Å². The fourth-order valence-corrected chi connectivity index (χ4v) is 4.73. The highest BCUT2D eigenvalue weighted by Gasteiger charge is 2.23. The lowest BCUT2D eigenvalue weighted by Crippen LogP contribution is -2.29. The Kier molecular flexibility index (Phi) is 4.34. The lowest BCUT2D eigenvalue weighted by molar-refractivity contribution is -0.123. The molecule has 0 saturated carbocycles. The van der Waals surface area contributed by atoms with E-state index in [2.05, 4.69) is 11.4 Å². The van der Waals surface area contributed by atoms with Gasteiger partial charge < -0.3 is 10.1 Å². The molecular formula is C20H21NO3S. The molecule has 0 saturated heterocycles. The first kappa shape index (κ1) is 16.3. The summed E-state index contributed by atoms with van der Waals surface area (Å²) in [6.07, 6.45) is 5.77. The van der Waals surface area contributed by atoms with Crippen molar-refractivity contribution in [1.29, 1.82) is 0 Å². The lowest BCUT2D eigenvalue weighted by Gasteiger charge is -2.13. The minimum Gasteiger partial charge on any atom is -0.448 e. The molecule has 130 valence electrons. The van der Waals surface area contributed by atoms with Gasteiger partial charge in [0.05, 0.1) is 0 Å². The molecule has 0 aliphatic heterocycles. The topological polar surface area (TPSA) is 55.4 Å². The van der Waals surface area contributed by atoms with Gasteiger partial charge in [-0.1, -0.05) is 6.07 Å². The van der Waals surface area contributed by atoms with Crippen molar-refractivity contribution >= 4 is 28.9 Å². The number of thiophene rings is 1. The Morgan fingerprint density at radius 2 is 1.80 bits per heavy atom. The summed E-state index contributed by atoms with van der Waals surface area (Å²) in [5.41, 5.74) is 4.69. The molecule has 5 heteroatoms. The number of nitrogens with one attached hydrogen (secondary N) is 1. The van der Waals surface area contributed by atoms with Gasteiger partial charge in [-0.3, -0.25) is 4.79 Å². The van der Waals surface area contributed by atoms with Crippen LogP contribution in [0.5, 0.6) is 0 Å². The number of carbonyl (C=O) groups excluding carboxylic acids is 2. The summed E-state index contributed by atoms with van der Waals surface area (Å²) >= 11 is 1.50. The monoisotopic (exact) mass is 355 g/mol. The van der Waals surface area contributed by atoms with Crippen LogP contribution in [0.15, 0.2) is 24.3 Å². The van der Waals surface area contributed by atoms with Crippen LogP contribution in [0.2, 0.25) is 0 Å². The highest BCUT2D eigenvalue weighted by molar-refractivity contribution is 7.14. The largest absolute Gasteiger partial charge is 0.448 e. The van der Waals surface area contributed by atoms with Crippen LogP contribution < -0.4 is 5.32 Å². The SMILES string of the molecule is C[C@H](OC(=O)c1cc2c(s1)CCC2)C(=O)Nc1ccc2c(c1)CCC2. The zero-order valence-electron chi connectivity index (χ0n) is 14.3. The molecule has 0 unspecified atom stereocenters. The first-order valence-corrected chi connectivity index (χ1v) is 9.67. The Balaban J connectivity index is 1.37. The van der Waals surface area contributed by atoms with E-state index in [0.29, 0.717) is 4.88 Å². The number of amides is 1. The number of esters is 1. The van der Waals surface area contributed by atoms with Crippen LogP contribution in [-0.2, 0) is 35.2 Å². The number of rotatable bonds is 4. The Hall–Kier alpha value is -2.14. The highest BCUT2D eigenvalue weighted by atomic mass is 32.1. The average Bonchev–Trinajstić information content (AvgIpc) is 3.29. The number of hydrogen-bond acceptors (Lipinski definition) is 4. The van der Waals surface area contributed by atoms with Crippen LogP contribution >= 0.6 is 11.3 Å². The molecule has 4 nitrogen and oxygen atoms in total. The summed E-state index contributed by atoms with van der Waals surface area (Å²) in [7, 11) is 0. The molecule has 1 aromatic carbocycles. The summed E-state index contributed by atoms with van der Waals surface area (Å²) in [6.45, 7) is 1.61. The molecule has 0 bridgehead atoms. The van der Waals surface area contributed by atoms with Crippen molar-refractivity contribution in [3.63, 3.8) is 0 Å². The van der Waals surface area contributed by atoms with E-state index in [1.165, 1.54) is 39.3 Å². The second kappa shape index (κ2) is 6.64.